The van der Waals surface area contributed by atoms with E-state index in [1.165, 1.54) is 23.1 Å². The minimum absolute atomic E-state index is 0.0289. The Bertz CT molecular complexity index is 801. The molecule has 1 N–H and O–H groups in total. The number of sulfone groups is 1. The molecule has 1 amide bonds. The quantitative estimate of drug-likeness (QED) is 0.763. The van der Waals surface area contributed by atoms with Crippen LogP contribution in [0.5, 0.6) is 0 Å². The van der Waals surface area contributed by atoms with E-state index in [1.807, 2.05) is 0 Å². The predicted octanol–water partition coefficient (Wildman–Crippen LogP) is 0.264. The Morgan fingerprint density at radius 2 is 1.96 bits per heavy atom. The van der Waals surface area contributed by atoms with Gasteiger partial charge in [-0.1, -0.05) is 24.6 Å². The van der Waals surface area contributed by atoms with Gasteiger partial charge in [0.05, 0.1) is 16.7 Å². The number of carbonyl (C=O) groups is 1. The highest BCUT2D eigenvalue weighted by molar-refractivity contribution is 7.92. The first-order valence-electron chi connectivity index (χ1n) is 6.90. The zero-order valence-electron chi connectivity index (χ0n) is 12.4. The predicted molar refractivity (Wildman–Crippen MR) is 86.5 cm³/mol. The Morgan fingerprint density at radius 1 is 1.30 bits per heavy atom. The Labute approximate surface area is 140 Å². The third kappa shape index (κ3) is 4.23. The summed E-state index contributed by atoms with van der Waals surface area (Å²) >= 11 is 5.74. The van der Waals surface area contributed by atoms with E-state index in [2.05, 4.69) is 4.72 Å². The first kappa shape index (κ1) is 18.2. The molecule has 0 saturated carbocycles. The van der Waals surface area contributed by atoms with Crippen LogP contribution in [0, 0.1) is 0 Å². The number of nitrogens with one attached hydrogen (secondary N) is 1. The molecular weight excluding hydrogens is 364 g/mol. The molecule has 128 valence electrons. The molecule has 0 radical (unpaired) electrons. The topological polar surface area (TPSA) is 101 Å². The van der Waals surface area contributed by atoms with Crippen molar-refractivity contribution < 1.29 is 21.6 Å². The number of benzene rings is 1. The lowest BCUT2D eigenvalue weighted by Gasteiger charge is -2.38. The molecule has 0 atom stereocenters. The van der Waals surface area contributed by atoms with Crippen LogP contribution < -0.4 is 4.72 Å². The van der Waals surface area contributed by atoms with Crippen LogP contribution in [0.25, 0.3) is 0 Å². The zero-order chi connectivity index (χ0) is 17.3. The monoisotopic (exact) mass is 380 g/mol. The van der Waals surface area contributed by atoms with Crippen molar-refractivity contribution in [1.29, 1.82) is 0 Å². The van der Waals surface area contributed by atoms with Gasteiger partial charge in [-0.2, -0.15) is 0 Å². The van der Waals surface area contributed by atoms with Crippen molar-refractivity contribution in [2.45, 2.75) is 17.1 Å². The molecule has 0 bridgehead atoms. The summed E-state index contributed by atoms with van der Waals surface area (Å²) in [6.45, 7) is 1.34. The van der Waals surface area contributed by atoms with Crippen LogP contribution >= 0.6 is 11.6 Å². The van der Waals surface area contributed by atoms with Gasteiger partial charge in [0.25, 0.3) is 0 Å². The highest BCUT2D eigenvalue weighted by atomic mass is 35.5. The first-order valence-corrected chi connectivity index (χ1v) is 10.5. The third-order valence-corrected chi connectivity index (χ3v) is 7.38. The number of likely N-dealkylation sites (tertiary alicyclic amines) is 1. The molecule has 0 aromatic heterocycles. The number of carbonyl (C=O) groups excluding carboxylic acids is 1. The van der Waals surface area contributed by atoms with E-state index in [0.717, 1.165) is 0 Å². The molecule has 1 heterocycles. The van der Waals surface area contributed by atoms with Gasteiger partial charge in [-0.25, -0.2) is 21.6 Å². The summed E-state index contributed by atoms with van der Waals surface area (Å²) in [7, 11) is -7.01. The summed E-state index contributed by atoms with van der Waals surface area (Å²) in [6, 6.07) is 5.68. The van der Waals surface area contributed by atoms with Crippen LogP contribution in [0.4, 0.5) is 0 Å². The van der Waals surface area contributed by atoms with E-state index in [-0.39, 0.29) is 28.8 Å². The molecule has 7 nitrogen and oxygen atoms in total. The van der Waals surface area contributed by atoms with Gasteiger partial charge in [0, 0.05) is 23.9 Å². The minimum Gasteiger partial charge on any atom is -0.339 e. The number of sulfonamides is 1. The largest absolute Gasteiger partial charge is 0.339 e. The van der Waals surface area contributed by atoms with Crippen LogP contribution in [0.3, 0.4) is 0 Å². The second-order valence-electron chi connectivity index (χ2n) is 5.15. The summed E-state index contributed by atoms with van der Waals surface area (Å²) in [4.78, 5) is 13.2. The average Bonchev–Trinajstić information content (AvgIpc) is 2.43. The number of hydrogen-bond acceptors (Lipinski definition) is 5. The lowest BCUT2D eigenvalue weighted by molar-refractivity contribution is -0.133. The summed E-state index contributed by atoms with van der Waals surface area (Å²) in [5.74, 6) is -0.431. The number of hydrogen-bond donors (Lipinski definition) is 1. The van der Waals surface area contributed by atoms with E-state index >= 15 is 0 Å². The summed E-state index contributed by atoms with van der Waals surface area (Å²) in [5, 5.41) is -0.282. The Kier molecular flexibility index (Phi) is 5.34. The molecule has 1 aromatic rings. The van der Waals surface area contributed by atoms with Crippen molar-refractivity contribution >= 4 is 37.4 Å². The molecule has 0 spiro atoms. The maximum Gasteiger partial charge on any atom is 0.241 e. The fourth-order valence-electron chi connectivity index (χ4n) is 2.09. The van der Waals surface area contributed by atoms with E-state index in [9.17, 15) is 21.6 Å². The standard InChI is InChI=1S/C13H17ClN2O5S2/c1-2-22(18,19)12-8-16(9-12)13(17)7-15-23(20,21)11-5-3-4-10(14)6-11/h3-6,12,15H,2,7-9H2,1H3. The Balaban J connectivity index is 1.91. The van der Waals surface area contributed by atoms with Gasteiger partial charge in [-0.3, -0.25) is 4.79 Å². The molecule has 23 heavy (non-hydrogen) atoms. The van der Waals surface area contributed by atoms with Gasteiger partial charge in [0.1, 0.15) is 0 Å². The Hall–Kier alpha value is -1.16. The van der Waals surface area contributed by atoms with E-state index in [1.54, 1.807) is 13.0 Å². The molecule has 0 aliphatic carbocycles. The fraction of sp³-hybridized carbons (Fsp3) is 0.462. The van der Waals surface area contributed by atoms with Crippen molar-refractivity contribution in [3.8, 4) is 0 Å². The molecule has 1 aliphatic rings. The molecule has 0 unspecified atom stereocenters. The lowest BCUT2D eigenvalue weighted by Crippen LogP contribution is -2.59. The third-order valence-electron chi connectivity index (χ3n) is 3.63. The van der Waals surface area contributed by atoms with E-state index in [0.29, 0.717) is 0 Å². The van der Waals surface area contributed by atoms with Gasteiger partial charge in [-0.15, -0.1) is 0 Å². The summed E-state index contributed by atoms with van der Waals surface area (Å²) < 4.78 is 49.5. The molecule has 1 aromatic carbocycles. The number of halogens is 1. The van der Waals surface area contributed by atoms with Crippen LogP contribution in [-0.2, 0) is 24.7 Å². The molecule has 1 fully saturated rings. The SMILES string of the molecule is CCS(=O)(=O)C1CN(C(=O)CNS(=O)(=O)c2cccc(Cl)c2)C1. The highest BCUT2D eigenvalue weighted by Gasteiger charge is 2.38. The smallest absolute Gasteiger partial charge is 0.241 e. The van der Waals surface area contributed by atoms with Gasteiger partial charge in [0.2, 0.25) is 15.9 Å². The van der Waals surface area contributed by atoms with Gasteiger partial charge >= 0.3 is 0 Å². The number of nitrogens with zero attached hydrogens (tertiary/aromatic N) is 1. The van der Waals surface area contributed by atoms with Crippen molar-refractivity contribution in [2.75, 3.05) is 25.4 Å². The molecule has 10 heteroatoms. The van der Waals surface area contributed by atoms with Crippen LogP contribution in [0.2, 0.25) is 5.02 Å². The summed E-state index contributed by atoms with van der Waals surface area (Å²) in [6.07, 6.45) is 0. The maximum atomic E-state index is 12.1. The second kappa shape index (κ2) is 6.76. The minimum atomic E-state index is -3.84. The van der Waals surface area contributed by atoms with Crippen molar-refractivity contribution in [3.05, 3.63) is 29.3 Å². The number of amides is 1. The molecule has 1 saturated heterocycles. The Morgan fingerprint density at radius 3 is 2.52 bits per heavy atom. The van der Waals surface area contributed by atoms with Gasteiger partial charge in [-0.05, 0) is 18.2 Å². The van der Waals surface area contributed by atoms with Crippen LogP contribution in [-0.4, -0.2) is 58.3 Å². The maximum absolute atomic E-state index is 12.1. The molecular formula is C13H17ClN2O5S2. The lowest BCUT2D eigenvalue weighted by atomic mass is 10.2. The van der Waals surface area contributed by atoms with Gasteiger partial charge in [0.15, 0.2) is 9.84 Å². The van der Waals surface area contributed by atoms with Crippen molar-refractivity contribution in [1.82, 2.24) is 9.62 Å². The summed E-state index contributed by atoms with van der Waals surface area (Å²) in [5.41, 5.74) is 0. The first-order chi connectivity index (χ1) is 10.7. The van der Waals surface area contributed by atoms with Gasteiger partial charge < -0.3 is 4.90 Å². The normalized spacial score (nSPS) is 16.2. The van der Waals surface area contributed by atoms with E-state index in [4.69, 9.17) is 11.6 Å². The van der Waals surface area contributed by atoms with Crippen LogP contribution in [0.1, 0.15) is 6.92 Å². The zero-order valence-corrected chi connectivity index (χ0v) is 14.8. The van der Waals surface area contributed by atoms with Crippen molar-refractivity contribution in [2.24, 2.45) is 0 Å². The molecule has 2 rings (SSSR count). The van der Waals surface area contributed by atoms with Crippen LogP contribution in [0.15, 0.2) is 29.2 Å². The second-order valence-corrected chi connectivity index (χ2v) is 9.93. The van der Waals surface area contributed by atoms with E-state index < -0.39 is 37.6 Å². The average molecular weight is 381 g/mol. The van der Waals surface area contributed by atoms with Crippen molar-refractivity contribution in [3.63, 3.8) is 0 Å². The number of rotatable bonds is 6. The molecule has 1 aliphatic heterocycles. The fourth-order valence-corrected chi connectivity index (χ4v) is 4.65. The highest BCUT2D eigenvalue weighted by Crippen LogP contribution is 2.18.